The van der Waals surface area contributed by atoms with Crippen LogP contribution in [0.3, 0.4) is 0 Å². The van der Waals surface area contributed by atoms with Gasteiger partial charge in [0.15, 0.2) is 0 Å². The topological polar surface area (TPSA) is 80.7 Å². The number of fused-ring (bicyclic) bond motifs is 2. The molecule has 2 bridgehead atoms. The third-order valence-electron chi connectivity index (χ3n) is 4.12. The molecule has 104 valence electrons. The van der Waals surface area contributed by atoms with Crippen LogP contribution in [0, 0.1) is 5.41 Å². The molecule has 0 spiro atoms. The first kappa shape index (κ1) is 13.8. The van der Waals surface area contributed by atoms with Crippen molar-refractivity contribution >= 4 is 15.8 Å². The van der Waals surface area contributed by atoms with Crippen LogP contribution >= 0.6 is 0 Å². The van der Waals surface area contributed by atoms with E-state index in [1.807, 2.05) is 6.92 Å². The zero-order chi connectivity index (χ0) is 13.4. The fourth-order valence-corrected chi connectivity index (χ4v) is 4.65. The maximum atomic E-state index is 11.7. The van der Waals surface area contributed by atoms with Crippen LogP contribution in [-0.4, -0.2) is 43.2 Å². The normalized spacial score (nSPS) is 34.9. The molecule has 2 saturated heterocycles. The Labute approximate surface area is 107 Å². The molecule has 3 unspecified atom stereocenters. The van der Waals surface area contributed by atoms with E-state index in [2.05, 4.69) is 0 Å². The van der Waals surface area contributed by atoms with Gasteiger partial charge in [0.25, 0.3) is 0 Å². The predicted octanol–water partition coefficient (Wildman–Crippen LogP) is 1.22. The summed E-state index contributed by atoms with van der Waals surface area (Å²) in [6.45, 7) is 1.81. The van der Waals surface area contributed by atoms with E-state index in [0.717, 1.165) is 12.8 Å². The van der Waals surface area contributed by atoms with E-state index >= 15 is 0 Å². The van der Waals surface area contributed by atoms with Gasteiger partial charge in [0, 0.05) is 5.75 Å². The van der Waals surface area contributed by atoms with Crippen molar-refractivity contribution in [1.82, 2.24) is 0 Å². The van der Waals surface area contributed by atoms with E-state index in [4.69, 9.17) is 4.74 Å². The molecule has 3 atom stereocenters. The Morgan fingerprint density at radius 2 is 2.11 bits per heavy atom. The molecule has 0 amide bonds. The van der Waals surface area contributed by atoms with Gasteiger partial charge < -0.3 is 9.84 Å². The highest BCUT2D eigenvalue weighted by atomic mass is 32.2. The van der Waals surface area contributed by atoms with Crippen molar-refractivity contribution in [3.05, 3.63) is 0 Å². The number of rotatable bonds is 6. The van der Waals surface area contributed by atoms with Crippen molar-refractivity contribution in [3.63, 3.8) is 0 Å². The largest absolute Gasteiger partial charge is 0.481 e. The van der Waals surface area contributed by atoms with Gasteiger partial charge in [0.05, 0.1) is 23.4 Å². The molecule has 0 aromatic rings. The van der Waals surface area contributed by atoms with E-state index in [1.54, 1.807) is 0 Å². The lowest BCUT2D eigenvalue weighted by Gasteiger charge is -2.30. The smallest absolute Gasteiger partial charge is 0.312 e. The van der Waals surface area contributed by atoms with Crippen LogP contribution in [0.2, 0.25) is 0 Å². The molecule has 0 aliphatic carbocycles. The summed E-state index contributed by atoms with van der Waals surface area (Å²) >= 11 is 0. The van der Waals surface area contributed by atoms with Crippen molar-refractivity contribution in [2.24, 2.45) is 5.41 Å². The SMILES string of the molecule is CCCS(=O)(=O)CCC1(C(=O)O)CC2CCC1O2. The Kier molecular flexibility index (Phi) is 3.69. The van der Waals surface area contributed by atoms with Crippen LogP contribution in [-0.2, 0) is 19.4 Å². The summed E-state index contributed by atoms with van der Waals surface area (Å²) in [5.41, 5.74) is -0.969. The molecule has 0 aromatic carbocycles. The Bertz CT molecular complexity index is 430. The van der Waals surface area contributed by atoms with Gasteiger partial charge in [-0.25, -0.2) is 8.42 Å². The summed E-state index contributed by atoms with van der Waals surface area (Å²) in [6.07, 6.45) is 2.59. The maximum absolute atomic E-state index is 11.7. The van der Waals surface area contributed by atoms with Crippen molar-refractivity contribution in [3.8, 4) is 0 Å². The zero-order valence-electron chi connectivity index (χ0n) is 10.6. The minimum atomic E-state index is -3.13. The highest BCUT2D eigenvalue weighted by Gasteiger charge is 2.57. The zero-order valence-corrected chi connectivity index (χ0v) is 11.4. The van der Waals surface area contributed by atoms with Gasteiger partial charge in [0.1, 0.15) is 9.84 Å². The molecule has 1 N–H and O–H groups in total. The van der Waals surface area contributed by atoms with E-state index in [0.29, 0.717) is 12.8 Å². The van der Waals surface area contributed by atoms with E-state index in [9.17, 15) is 18.3 Å². The van der Waals surface area contributed by atoms with Gasteiger partial charge >= 0.3 is 5.97 Å². The first-order valence-corrected chi connectivity index (χ1v) is 8.31. The molecule has 0 aromatic heterocycles. The lowest BCUT2D eigenvalue weighted by molar-refractivity contribution is -0.152. The van der Waals surface area contributed by atoms with Gasteiger partial charge in [-0.2, -0.15) is 0 Å². The van der Waals surface area contributed by atoms with Crippen LogP contribution in [0.4, 0.5) is 0 Å². The number of hydrogen-bond acceptors (Lipinski definition) is 4. The second-order valence-electron chi connectivity index (χ2n) is 5.39. The molecule has 2 heterocycles. The molecular formula is C12H20O5S. The maximum Gasteiger partial charge on any atom is 0.312 e. The average Bonchev–Trinajstić information content (AvgIpc) is 2.86. The Morgan fingerprint density at radius 3 is 2.56 bits per heavy atom. The van der Waals surface area contributed by atoms with Crippen LogP contribution in [0.25, 0.3) is 0 Å². The predicted molar refractivity (Wildman–Crippen MR) is 66.1 cm³/mol. The van der Waals surface area contributed by atoms with Crippen LogP contribution in [0.5, 0.6) is 0 Å². The van der Waals surface area contributed by atoms with Gasteiger partial charge in [-0.15, -0.1) is 0 Å². The standard InChI is InChI=1S/C12H20O5S/c1-2-6-18(15,16)7-5-12(11(13)14)8-9-3-4-10(12)17-9/h9-10H,2-8H2,1H3,(H,13,14). The Hall–Kier alpha value is -0.620. The number of sulfone groups is 1. The van der Waals surface area contributed by atoms with Gasteiger partial charge in [-0.3, -0.25) is 4.79 Å². The molecule has 18 heavy (non-hydrogen) atoms. The fraction of sp³-hybridized carbons (Fsp3) is 0.917. The number of ether oxygens (including phenoxy) is 1. The highest BCUT2D eigenvalue weighted by Crippen LogP contribution is 2.50. The number of carboxylic acid groups (broad SMARTS) is 1. The molecule has 2 aliphatic rings. The Balaban J connectivity index is 2.07. The third-order valence-corrected chi connectivity index (χ3v) is 5.97. The molecule has 0 radical (unpaired) electrons. The molecule has 2 aliphatic heterocycles. The van der Waals surface area contributed by atoms with E-state index in [-0.39, 0.29) is 30.1 Å². The van der Waals surface area contributed by atoms with Crippen molar-refractivity contribution in [2.45, 2.75) is 51.2 Å². The van der Waals surface area contributed by atoms with Gasteiger partial charge in [-0.05, 0) is 32.1 Å². The number of aliphatic carboxylic acids is 1. The second-order valence-corrected chi connectivity index (χ2v) is 7.69. The van der Waals surface area contributed by atoms with Gasteiger partial charge in [-0.1, -0.05) is 6.92 Å². The van der Waals surface area contributed by atoms with E-state index < -0.39 is 21.2 Å². The minimum Gasteiger partial charge on any atom is -0.481 e. The summed E-state index contributed by atoms with van der Waals surface area (Å²) in [5, 5.41) is 9.44. The summed E-state index contributed by atoms with van der Waals surface area (Å²) in [6, 6.07) is 0. The summed E-state index contributed by atoms with van der Waals surface area (Å²) in [4.78, 5) is 11.5. The van der Waals surface area contributed by atoms with E-state index in [1.165, 1.54) is 0 Å². The first-order chi connectivity index (χ1) is 8.39. The van der Waals surface area contributed by atoms with Crippen molar-refractivity contribution < 1.29 is 23.1 Å². The molecule has 2 rings (SSSR count). The van der Waals surface area contributed by atoms with Crippen molar-refractivity contribution in [1.29, 1.82) is 0 Å². The summed E-state index contributed by atoms with van der Waals surface area (Å²) < 4.78 is 29.0. The number of carbonyl (C=O) groups is 1. The lowest BCUT2D eigenvalue weighted by Crippen LogP contribution is -2.41. The molecule has 6 heteroatoms. The van der Waals surface area contributed by atoms with Crippen LogP contribution in [0.1, 0.15) is 39.0 Å². The van der Waals surface area contributed by atoms with Crippen LogP contribution < -0.4 is 0 Å². The lowest BCUT2D eigenvalue weighted by atomic mass is 9.72. The Morgan fingerprint density at radius 1 is 1.39 bits per heavy atom. The second kappa shape index (κ2) is 4.81. The molecule has 0 saturated carbocycles. The molecular weight excluding hydrogens is 256 g/mol. The number of hydrogen-bond donors (Lipinski definition) is 1. The summed E-state index contributed by atoms with van der Waals surface area (Å²) in [7, 11) is -3.13. The molecule has 5 nitrogen and oxygen atoms in total. The average molecular weight is 276 g/mol. The quantitative estimate of drug-likeness (QED) is 0.789. The van der Waals surface area contributed by atoms with Gasteiger partial charge in [0.2, 0.25) is 0 Å². The summed E-state index contributed by atoms with van der Waals surface area (Å²) in [5.74, 6) is -0.807. The third kappa shape index (κ3) is 2.40. The van der Waals surface area contributed by atoms with Crippen LogP contribution in [0.15, 0.2) is 0 Å². The minimum absolute atomic E-state index is 0.0139. The molecule has 2 fully saturated rings. The monoisotopic (exact) mass is 276 g/mol. The highest BCUT2D eigenvalue weighted by molar-refractivity contribution is 7.91. The number of carboxylic acids is 1. The first-order valence-electron chi connectivity index (χ1n) is 6.49. The van der Waals surface area contributed by atoms with Crippen molar-refractivity contribution in [2.75, 3.05) is 11.5 Å². The fourth-order valence-electron chi connectivity index (χ4n) is 3.15.